The SMILES string of the molecule is Cc1nc2c(c(Nc3ccc(C(C)(C)C)cc3)n1)CCNC2. The Morgan fingerprint density at radius 2 is 1.82 bits per heavy atom. The minimum atomic E-state index is 0.175. The van der Waals surface area contributed by atoms with E-state index in [4.69, 9.17) is 0 Å². The van der Waals surface area contributed by atoms with E-state index in [-0.39, 0.29) is 5.41 Å². The number of benzene rings is 1. The van der Waals surface area contributed by atoms with E-state index in [0.717, 1.165) is 42.5 Å². The lowest BCUT2D eigenvalue weighted by atomic mass is 9.87. The topological polar surface area (TPSA) is 49.8 Å². The van der Waals surface area contributed by atoms with Crippen molar-refractivity contribution < 1.29 is 0 Å². The van der Waals surface area contributed by atoms with E-state index in [0.29, 0.717) is 0 Å². The molecule has 2 aromatic rings. The number of nitrogens with one attached hydrogen (secondary N) is 2. The summed E-state index contributed by atoms with van der Waals surface area (Å²) in [4.78, 5) is 9.15. The smallest absolute Gasteiger partial charge is 0.137 e. The molecule has 0 aliphatic carbocycles. The fraction of sp³-hybridized carbons (Fsp3) is 0.444. The second-order valence-electron chi connectivity index (χ2n) is 6.92. The van der Waals surface area contributed by atoms with Gasteiger partial charge in [0.2, 0.25) is 0 Å². The van der Waals surface area contributed by atoms with Crippen LogP contribution in [0.2, 0.25) is 0 Å². The van der Waals surface area contributed by atoms with Gasteiger partial charge in [-0.3, -0.25) is 0 Å². The van der Waals surface area contributed by atoms with Gasteiger partial charge < -0.3 is 10.6 Å². The van der Waals surface area contributed by atoms with Gasteiger partial charge in [-0.25, -0.2) is 9.97 Å². The van der Waals surface area contributed by atoms with Crippen molar-refractivity contribution in [2.45, 2.75) is 46.1 Å². The Morgan fingerprint density at radius 1 is 1.09 bits per heavy atom. The van der Waals surface area contributed by atoms with Crippen LogP contribution in [0.4, 0.5) is 11.5 Å². The van der Waals surface area contributed by atoms with Gasteiger partial charge in [-0.15, -0.1) is 0 Å². The Labute approximate surface area is 132 Å². The second kappa shape index (κ2) is 5.69. The zero-order valence-corrected chi connectivity index (χ0v) is 13.8. The maximum atomic E-state index is 4.60. The quantitative estimate of drug-likeness (QED) is 0.891. The molecule has 1 aromatic carbocycles. The van der Waals surface area contributed by atoms with Crippen molar-refractivity contribution in [1.82, 2.24) is 15.3 Å². The molecular weight excluding hydrogens is 272 g/mol. The molecule has 2 heterocycles. The normalized spacial score (nSPS) is 14.5. The summed E-state index contributed by atoms with van der Waals surface area (Å²) < 4.78 is 0. The summed E-state index contributed by atoms with van der Waals surface area (Å²) in [5, 5.41) is 6.84. The highest BCUT2D eigenvalue weighted by Gasteiger charge is 2.17. The predicted octanol–water partition coefficient (Wildman–Crippen LogP) is 3.47. The Bertz CT molecular complexity index is 669. The van der Waals surface area contributed by atoms with E-state index in [9.17, 15) is 0 Å². The van der Waals surface area contributed by atoms with Gasteiger partial charge in [0.05, 0.1) is 5.69 Å². The van der Waals surface area contributed by atoms with Crippen molar-refractivity contribution in [3.8, 4) is 0 Å². The summed E-state index contributed by atoms with van der Waals surface area (Å²) in [6.07, 6.45) is 0.970. The number of rotatable bonds is 2. The zero-order chi connectivity index (χ0) is 15.7. The maximum absolute atomic E-state index is 4.60. The highest BCUT2D eigenvalue weighted by molar-refractivity contribution is 5.61. The molecule has 0 atom stereocenters. The number of fused-ring (bicyclic) bond motifs is 1. The first-order chi connectivity index (χ1) is 10.4. The lowest BCUT2D eigenvalue weighted by Gasteiger charge is -2.21. The Hall–Kier alpha value is -1.94. The van der Waals surface area contributed by atoms with E-state index in [1.807, 2.05) is 6.92 Å². The van der Waals surface area contributed by atoms with Crippen molar-refractivity contribution in [2.75, 3.05) is 11.9 Å². The van der Waals surface area contributed by atoms with E-state index < -0.39 is 0 Å². The highest BCUT2D eigenvalue weighted by Crippen LogP contribution is 2.27. The van der Waals surface area contributed by atoms with E-state index in [2.05, 4.69) is 65.6 Å². The summed E-state index contributed by atoms with van der Waals surface area (Å²) in [7, 11) is 0. The average Bonchev–Trinajstić information content (AvgIpc) is 2.46. The van der Waals surface area contributed by atoms with E-state index in [1.54, 1.807) is 0 Å². The van der Waals surface area contributed by atoms with Crippen LogP contribution >= 0.6 is 0 Å². The molecule has 0 radical (unpaired) electrons. The minimum absolute atomic E-state index is 0.175. The largest absolute Gasteiger partial charge is 0.340 e. The first-order valence-corrected chi connectivity index (χ1v) is 7.88. The molecule has 3 rings (SSSR count). The van der Waals surface area contributed by atoms with Crippen LogP contribution in [-0.2, 0) is 18.4 Å². The highest BCUT2D eigenvalue weighted by atomic mass is 15.1. The summed E-state index contributed by atoms with van der Waals surface area (Å²) in [5.41, 5.74) is 4.95. The number of nitrogens with zero attached hydrogens (tertiary/aromatic N) is 2. The van der Waals surface area contributed by atoms with Gasteiger partial charge in [0.1, 0.15) is 11.6 Å². The van der Waals surface area contributed by atoms with Crippen molar-refractivity contribution >= 4 is 11.5 Å². The second-order valence-corrected chi connectivity index (χ2v) is 6.92. The van der Waals surface area contributed by atoms with Crippen molar-refractivity contribution in [1.29, 1.82) is 0 Å². The summed E-state index contributed by atoms with van der Waals surface area (Å²) in [5.74, 6) is 1.77. The molecule has 116 valence electrons. The molecular formula is C18H24N4. The molecule has 1 aromatic heterocycles. The maximum Gasteiger partial charge on any atom is 0.137 e. The molecule has 0 saturated carbocycles. The molecule has 0 unspecified atom stereocenters. The summed E-state index contributed by atoms with van der Waals surface area (Å²) in [6, 6.07) is 8.63. The number of hydrogen-bond donors (Lipinski definition) is 2. The molecule has 1 aliphatic heterocycles. The zero-order valence-electron chi connectivity index (χ0n) is 13.8. The number of hydrogen-bond acceptors (Lipinski definition) is 4. The molecule has 0 saturated heterocycles. The van der Waals surface area contributed by atoms with Gasteiger partial charge in [-0.2, -0.15) is 0 Å². The molecule has 0 spiro atoms. The third kappa shape index (κ3) is 3.12. The molecule has 1 aliphatic rings. The molecule has 0 fully saturated rings. The third-order valence-corrected chi connectivity index (χ3v) is 4.06. The van der Waals surface area contributed by atoms with Gasteiger partial charge in [0.15, 0.2) is 0 Å². The monoisotopic (exact) mass is 296 g/mol. The standard InChI is InChI=1S/C18H24N4/c1-12-20-16-11-19-10-9-15(16)17(21-12)22-14-7-5-13(6-8-14)18(2,3)4/h5-8,19H,9-11H2,1-4H3,(H,20,21,22). The molecule has 0 bridgehead atoms. The van der Waals surface area contributed by atoms with Crippen LogP contribution in [0.5, 0.6) is 0 Å². The predicted molar refractivity (Wildman–Crippen MR) is 90.6 cm³/mol. The Balaban J connectivity index is 1.88. The fourth-order valence-electron chi connectivity index (χ4n) is 2.78. The van der Waals surface area contributed by atoms with Crippen LogP contribution in [-0.4, -0.2) is 16.5 Å². The fourth-order valence-corrected chi connectivity index (χ4v) is 2.78. The Kier molecular flexibility index (Phi) is 3.87. The van der Waals surface area contributed by atoms with Gasteiger partial charge in [-0.05, 0) is 43.0 Å². The van der Waals surface area contributed by atoms with E-state index in [1.165, 1.54) is 11.1 Å². The van der Waals surface area contributed by atoms with Crippen LogP contribution < -0.4 is 10.6 Å². The van der Waals surface area contributed by atoms with E-state index >= 15 is 0 Å². The van der Waals surface area contributed by atoms with Crippen LogP contribution in [0, 0.1) is 6.92 Å². The molecule has 0 amide bonds. The summed E-state index contributed by atoms with van der Waals surface area (Å²) in [6.45, 7) is 10.4. The van der Waals surface area contributed by atoms with Crippen molar-refractivity contribution in [3.05, 3.63) is 46.9 Å². The first kappa shape index (κ1) is 15.0. The first-order valence-electron chi connectivity index (χ1n) is 7.88. The molecule has 4 nitrogen and oxygen atoms in total. The number of anilines is 2. The van der Waals surface area contributed by atoms with Gasteiger partial charge >= 0.3 is 0 Å². The molecule has 4 heteroatoms. The minimum Gasteiger partial charge on any atom is -0.340 e. The third-order valence-electron chi connectivity index (χ3n) is 4.06. The number of aromatic nitrogens is 2. The summed E-state index contributed by atoms with van der Waals surface area (Å²) >= 11 is 0. The van der Waals surface area contributed by atoms with Crippen LogP contribution in [0.1, 0.15) is 43.4 Å². The van der Waals surface area contributed by atoms with Crippen LogP contribution in [0.3, 0.4) is 0 Å². The lowest BCUT2D eigenvalue weighted by Crippen LogP contribution is -2.26. The van der Waals surface area contributed by atoms with Gasteiger partial charge in [-0.1, -0.05) is 32.9 Å². The van der Waals surface area contributed by atoms with Crippen molar-refractivity contribution in [2.24, 2.45) is 0 Å². The van der Waals surface area contributed by atoms with Gasteiger partial charge in [0.25, 0.3) is 0 Å². The lowest BCUT2D eigenvalue weighted by molar-refractivity contribution is 0.590. The van der Waals surface area contributed by atoms with Crippen LogP contribution in [0.15, 0.2) is 24.3 Å². The Morgan fingerprint density at radius 3 is 2.50 bits per heavy atom. The molecule has 22 heavy (non-hydrogen) atoms. The average molecular weight is 296 g/mol. The van der Waals surface area contributed by atoms with Gasteiger partial charge in [0, 0.05) is 17.8 Å². The molecule has 2 N–H and O–H groups in total. The van der Waals surface area contributed by atoms with Crippen LogP contribution in [0.25, 0.3) is 0 Å². The number of aryl methyl sites for hydroxylation is 1. The van der Waals surface area contributed by atoms with Crippen molar-refractivity contribution in [3.63, 3.8) is 0 Å².